The van der Waals surface area contributed by atoms with E-state index < -0.39 is 39.4 Å². The van der Waals surface area contributed by atoms with E-state index in [4.69, 9.17) is 9.15 Å². The lowest BCUT2D eigenvalue weighted by molar-refractivity contribution is 0.101. The number of halogens is 3. The van der Waals surface area contributed by atoms with Gasteiger partial charge in [0.2, 0.25) is 15.9 Å². The Morgan fingerprint density at radius 2 is 1.91 bits per heavy atom. The van der Waals surface area contributed by atoms with Crippen LogP contribution in [0.3, 0.4) is 0 Å². The van der Waals surface area contributed by atoms with Crippen LogP contribution in [0.1, 0.15) is 16.4 Å². The van der Waals surface area contributed by atoms with E-state index in [2.05, 4.69) is 20.2 Å². The van der Waals surface area contributed by atoms with Gasteiger partial charge in [0.25, 0.3) is 5.91 Å². The van der Waals surface area contributed by atoms with Crippen molar-refractivity contribution in [2.45, 2.75) is 17.9 Å². The number of aromatic nitrogens is 3. The highest BCUT2D eigenvalue weighted by atomic mass is 32.2. The zero-order chi connectivity index (χ0) is 25.1. The fraction of sp³-hybridized carbons (Fsp3) is 0.350. The molecule has 0 unspecified atom stereocenters. The zero-order valence-corrected chi connectivity index (χ0v) is 19.2. The van der Waals surface area contributed by atoms with Gasteiger partial charge in [0.1, 0.15) is 4.90 Å². The van der Waals surface area contributed by atoms with Crippen LogP contribution < -0.4 is 19.7 Å². The summed E-state index contributed by atoms with van der Waals surface area (Å²) in [7, 11) is -2.70. The number of sulfonamides is 1. The molecular formula is C20H19F3N6O5S. The number of nitrogens with one attached hydrogen (secondary N) is 2. The number of anilines is 2. The average Bonchev–Trinajstić information content (AvgIpc) is 3.46. The lowest BCUT2D eigenvalue weighted by Crippen LogP contribution is -2.43. The van der Waals surface area contributed by atoms with Gasteiger partial charge in [-0.25, -0.2) is 26.3 Å². The van der Waals surface area contributed by atoms with E-state index in [0.29, 0.717) is 24.6 Å². The van der Waals surface area contributed by atoms with Crippen LogP contribution in [-0.4, -0.2) is 54.8 Å². The Bertz CT molecular complexity index is 1420. The number of carbonyl (C=O) groups excluding carboxylic acids is 1. The Morgan fingerprint density at radius 1 is 1.20 bits per heavy atom. The maximum absolute atomic E-state index is 13.6. The van der Waals surface area contributed by atoms with E-state index in [0.717, 1.165) is 0 Å². The van der Waals surface area contributed by atoms with Crippen molar-refractivity contribution < 1.29 is 35.5 Å². The van der Waals surface area contributed by atoms with Gasteiger partial charge in [-0.1, -0.05) is 5.10 Å². The van der Waals surface area contributed by atoms with Crippen LogP contribution in [0, 0.1) is 30.3 Å². The van der Waals surface area contributed by atoms with Crippen molar-refractivity contribution in [3.05, 3.63) is 47.4 Å². The molecular weight excluding hydrogens is 493 g/mol. The van der Waals surface area contributed by atoms with Crippen molar-refractivity contribution >= 4 is 27.6 Å². The fourth-order valence-corrected chi connectivity index (χ4v) is 5.67. The monoisotopic (exact) mass is 512 g/mol. The summed E-state index contributed by atoms with van der Waals surface area (Å²) in [4.78, 5) is 14.4. The SMILES string of the molecule is Cc1nnc(N2C[C@H]3COc4c(cn(C)c4C(=O)Nc4cc(F)c(F)c(F)c4)S(=O)(=O)N[C@H]3C2)o1. The first kappa shape index (κ1) is 23.2. The van der Waals surface area contributed by atoms with E-state index in [-0.39, 0.29) is 47.1 Å². The standard InChI is InChI=1S/C20H19F3N6O5S/c1-9-25-26-20(34-9)29-5-10-8-33-18-15(35(31,32)27-14(10)6-29)7-28(2)17(18)19(30)24-11-3-12(21)16(23)13(22)4-11/h3-4,7,10,14,27H,5-6,8H2,1-2H3,(H,24,30)/t10-,14-/m0/s1. The molecule has 0 spiro atoms. The number of ether oxygens (including phenoxy) is 1. The number of fused-ring (bicyclic) bond motifs is 2. The van der Waals surface area contributed by atoms with Gasteiger partial charge in [0.15, 0.2) is 28.9 Å². The van der Waals surface area contributed by atoms with Gasteiger partial charge < -0.3 is 23.9 Å². The normalized spacial score (nSPS) is 21.0. The first-order valence-electron chi connectivity index (χ1n) is 10.4. The number of carbonyl (C=O) groups is 1. The summed E-state index contributed by atoms with van der Waals surface area (Å²) in [5, 5.41) is 10.00. The predicted octanol–water partition coefficient (Wildman–Crippen LogP) is 1.56. The van der Waals surface area contributed by atoms with Crippen LogP contribution in [0.15, 0.2) is 27.6 Å². The molecule has 2 aliphatic rings. The molecule has 0 saturated carbocycles. The minimum atomic E-state index is -4.12. The molecule has 2 atom stereocenters. The highest BCUT2D eigenvalue weighted by molar-refractivity contribution is 7.89. The molecule has 186 valence electrons. The molecule has 0 radical (unpaired) electrons. The lowest BCUT2D eigenvalue weighted by Gasteiger charge is -2.23. The van der Waals surface area contributed by atoms with Gasteiger partial charge in [0, 0.05) is 63.0 Å². The van der Waals surface area contributed by atoms with Crippen LogP contribution in [0.4, 0.5) is 24.9 Å². The molecule has 1 saturated heterocycles. The van der Waals surface area contributed by atoms with Crippen molar-refractivity contribution in [2.75, 3.05) is 29.9 Å². The Hall–Kier alpha value is -3.59. The minimum Gasteiger partial charge on any atom is -0.489 e. The molecule has 1 aromatic carbocycles. The number of amides is 1. The number of aryl methyl sites for hydroxylation is 2. The number of rotatable bonds is 3. The summed E-state index contributed by atoms with van der Waals surface area (Å²) in [5.74, 6) is -5.72. The molecule has 1 amide bonds. The Kier molecular flexibility index (Phi) is 5.47. The molecule has 4 heterocycles. The molecule has 1 fully saturated rings. The number of benzene rings is 1. The third-order valence-electron chi connectivity index (χ3n) is 5.82. The Labute approximate surface area is 196 Å². The summed E-state index contributed by atoms with van der Waals surface area (Å²) < 4.78 is 81.8. The Balaban J connectivity index is 1.44. The number of hydrogen-bond donors (Lipinski definition) is 2. The van der Waals surface area contributed by atoms with Gasteiger partial charge in [-0.3, -0.25) is 4.79 Å². The van der Waals surface area contributed by atoms with Crippen molar-refractivity contribution in [1.29, 1.82) is 0 Å². The minimum absolute atomic E-state index is 0.0495. The maximum atomic E-state index is 13.6. The van der Waals surface area contributed by atoms with Crippen LogP contribution in [0.5, 0.6) is 5.75 Å². The van der Waals surface area contributed by atoms with Gasteiger partial charge >= 0.3 is 6.01 Å². The van der Waals surface area contributed by atoms with Crippen molar-refractivity contribution in [3.8, 4) is 5.75 Å². The predicted molar refractivity (Wildman–Crippen MR) is 114 cm³/mol. The molecule has 5 rings (SSSR count). The lowest BCUT2D eigenvalue weighted by atomic mass is 10.1. The first-order valence-corrected chi connectivity index (χ1v) is 11.9. The van der Waals surface area contributed by atoms with E-state index in [1.54, 1.807) is 11.8 Å². The summed E-state index contributed by atoms with van der Waals surface area (Å²) >= 11 is 0. The van der Waals surface area contributed by atoms with Crippen molar-refractivity contribution in [2.24, 2.45) is 13.0 Å². The third kappa shape index (κ3) is 4.10. The van der Waals surface area contributed by atoms with E-state index in [9.17, 15) is 26.4 Å². The topological polar surface area (TPSA) is 132 Å². The second-order valence-corrected chi connectivity index (χ2v) is 9.98. The van der Waals surface area contributed by atoms with Gasteiger partial charge in [-0.2, -0.15) is 0 Å². The number of hydrogen-bond acceptors (Lipinski definition) is 8. The summed E-state index contributed by atoms with van der Waals surface area (Å²) in [6.45, 7) is 2.31. The summed E-state index contributed by atoms with van der Waals surface area (Å²) in [6, 6.07) is 0.951. The van der Waals surface area contributed by atoms with E-state index in [1.165, 1.54) is 17.8 Å². The van der Waals surface area contributed by atoms with Crippen LogP contribution in [0.25, 0.3) is 0 Å². The summed E-state index contributed by atoms with van der Waals surface area (Å²) in [6.07, 6.45) is 1.20. The fourth-order valence-electron chi connectivity index (χ4n) is 4.19. The average molecular weight is 512 g/mol. The van der Waals surface area contributed by atoms with E-state index >= 15 is 0 Å². The number of nitrogens with zero attached hydrogens (tertiary/aromatic N) is 4. The maximum Gasteiger partial charge on any atom is 0.318 e. The van der Waals surface area contributed by atoms with Gasteiger partial charge in [-0.05, 0) is 0 Å². The van der Waals surface area contributed by atoms with Crippen LogP contribution in [0.2, 0.25) is 0 Å². The Morgan fingerprint density at radius 3 is 2.57 bits per heavy atom. The molecule has 0 bridgehead atoms. The molecule has 2 aromatic heterocycles. The van der Waals surface area contributed by atoms with Crippen LogP contribution >= 0.6 is 0 Å². The highest BCUT2D eigenvalue weighted by Gasteiger charge is 2.42. The first-order chi connectivity index (χ1) is 16.5. The van der Waals surface area contributed by atoms with Gasteiger partial charge in [0.05, 0.1) is 6.61 Å². The second-order valence-electron chi connectivity index (χ2n) is 8.30. The third-order valence-corrected chi connectivity index (χ3v) is 7.31. The second kappa shape index (κ2) is 8.27. The van der Waals surface area contributed by atoms with Crippen LogP contribution in [-0.2, 0) is 17.1 Å². The largest absolute Gasteiger partial charge is 0.489 e. The molecule has 35 heavy (non-hydrogen) atoms. The van der Waals surface area contributed by atoms with E-state index in [1.807, 2.05) is 0 Å². The quantitative estimate of drug-likeness (QED) is 0.506. The van der Waals surface area contributed by atoms with Crippen molar-refractivity contribution in [1.82, 2.24) is 19.5 Å². The molecule has 0 aliphatic carbocycles. The summed E-state index contributed by atoms with van der Waals surface area (Å²) in [5.41, 5.74) is -0.550. The zero-order valence-electron chi connectivity index (χ0n) is 18.4. The highest BCUT2D eigenvalue weighted by Crippen LogP contribution is 2.35. The van der Waals surface area contributed by atoms with Gasteiger partial charge in [-0.15, -0.1) is 5.10 Å². The molecule has 3 aromatic rings. The van der Waals surface area contributed by atoms with Crippen molar-refractivity contribution in [3.63, 3.8) is 0 Å². The molecule has 2 N–H and O–H groups in total. The molecule has 11 nitrogen and oxygen atoms in total. The molecule has 15 heteroatoms. The molecule has 2 aliphatic heterocycles. The smallest absolute Gasteiger partial charge is 0.318 e.